The number of Topliss-reactive ketones (excluding diaryl/α,β-unsaturated/α-hetero) is 1. The lowest BCUT2D eigenvalue weighted by Crippen LogP contribution is -2.42. The highest BCUT2D eigenvalue weighted by Crippen LogP contribution is 2.21. The Bertz CT molecular complexity index is 389. The van der Waals surface area contributed by atoms with Gasteiger partial charge >= 0.3 is 0 Å². The van der Waals surface area contributed by atoms with E-state index in [0.29, 0.717) is 5.78 Å². The van der Waals surface area contributed by atoms with Crippen LogP contribution in [0.4, 0.5) is 0 Å². The first-order valence-electron chi connectivity index (χ1n) is 7.07. The predicted molar refractivity (Wildman–Crippen MR) is 81.3 cm³/mol. The zero-order chi connectivity index (χ0) is 14.5. The maximum Gasteiger partial charge on any atom is 0.155 e. The largest absolute Gasteiger partial charge is 0.300 e. The van der Waals surface area contributed by atoms with Gasteiger partial charge < -0.3 is 0 Å². The van der Waals surface area contributed by atoms with Crippen molar-refractivity contribution < 1.29 is 4.79 Å². The van der Waals surface area contributed by atoms with E-state index in [1.807, 2.05) is 40.9 Å². The quantitative estimate of drug-likeness (QED) is 0.780. The highest BCUT2D eigenvalue weighted by Gasteiger charge is 2.30. The standard InChI is InChI=1S/C17H27NO/c1-17(2,3)16(19)15(18(4)5)13-9-12-14-10-7-6-8-11-14/h6-8,10-11,15H,9,12-13H2,1-5H3. The number of aryl methyl sites for hydroxylation is 1. The Morgan fingerprint density at radius 3 is 2.21 bits per heavy atom. The number of carbonyl (C=O) groups excluding carboxylic acids is 1. The molecule has 106 valence electrons. The van der Waals surface area contributed by atoms with Gasteiger partial charge in [-0.2, -0.15) is 0 Å². The van der Waals surface area contributed by atoms with Gasteiger partial charge in [0.05, 0.1) is 6.04 Å². The summed E-state index contributed by atoms with van der Waals surface area (Å²) in [7, 11) is 3.99. The van der Waals surface area contributed by atoms with E-state index in [1.54, 1.807) is 0 Å². The Kier molecular flexibility index (Phi) is 5.74. The van der Waals surface area contributed by atoms with Gasteiger partial charge in [-0.1, -0.05) is 51.1 Å². The number of rotatable bonds is 6. The summed E-state index contributed by atoms with van der Waals surface area (Å²) in [5.41, 5.74) is 1.09. The Morgan fingerprint density at radius 2 is 1.74 bits per heavy atom. The van der Waals surface area contributed by atoms with Crippen molar-refractivity contribution in [2.45, 2.75) is 46.1 Å². The minimum atomic E-state index is -0.262. The predicted octanol–water partition coefficient (Wildman–Crippen LogP) is 3.55. The lowest BCUT2D eigenvalue weighted by Gasteiger charge is -2.29. The van der Waals surface area contributed by atoms with E-state index in [1.165, 1.54) is 5.56 Å². The molecule has 0 aromatic heterocycles. The highest BCUT2D eigenvalue weighted by atomic mass is 16.1. The monoisotopic (exact) mass is 261 g/mol. The molecule has 0 saturated heterocycles. The Balaban J connectivity index is 2.54. The number of hydrogen-bond donors (Lipinski definition) is 0. The molecule has 0 spiro atoms. The molecule has 0 radical (unpaired) electrons. The SMILES string of the molecule is CN(C)C(CCCc1ccccc1)C(=O)C(C)(C)C. The molecule has 1 unspecified atom stereocenters. The maximum absolute atomic E-state index is 12.4. The van der Waals surface area contributed by atoms with Crippen molar-refractivity contribution in [3.63, 3.8) is 0 Å². The number of hydrogen-bond acceptors (Lipinski definition) is 2. The molecule has 1 aromatic carbocycles. The second kappa shape index (κ2) is 6.85. The molecule has 0 aliphatic rings. The summed E-state index contributed by atoms with van der Waals surface area (Å²) in [5.74, 6) is 0.338. The van der Waals surface area contributed by atoms with Crippen molar-refractivity contribution in [1.29, 1.82) is 0 Å². The van der Waals surface area contributed by atoms with Crippen molar-refractivity contribution in [1.82, 2.24) is 4.90 Å². The number of nitrogens with zero attached hydrogens (tertiary/aromatic N) is 1. The first-order valence-corrected chi connectivity index (χ1v) is 7.07. The topological polar surface area (TPSA) is 20.3 Å². The summed E-state index contributed by atoms with van der Waals surface area (Å²) < 4.78 is 0. The summed E-state index contributed by atoms with van der Waals surface area (Å²) >= 11 is 0. The maximum atomic E-state index is 12.4. The van der Waals surface area contributed by atoms with Gasteiger partial charge in [0.2, 0.25) is 0 Å². The summed E-state index contributed by atoms with van der Waals surface area (Å²) in [5, 5.41) is 0. The second-order valence-corrected chi connectivity index (χ2v) is 6.47. The van der Waals surface area contributed by atoms with Gasteiger partial charge in [-0.25, -0.2) is 0 Å². The average Bonchev–Trinajstić information content (AvgIpc) is 2.33. The molecule has 0 N–H and O–H groups in total. The first-order chi connectivity index (χ1) is 8.82. The molecule has 2 heteroatoms. The molecule has 0 bridgehead atoms. The van der Waals surface area contributed by atoms with Crippen LogP contribution in [-0.2, 0) is 11.2 Å². The van der Waals surface area contributed by atoms with Crippen LogP contribution >= 0.6 is 0 Å². The molecule has 19 heavy (non-hydrogen) atoms. The molecule has 0 aliphatic carbocycles. The third-order valence-corrected chi connectivity index (χ3v) is 3.45. The van der Waals surface area contributed by atoms with Gasteiger partial charge in [0.1, 0.15) is 0 Å². The van der Waals surface area contributed by atoms with Crippen LogP contribution in [0.5, 0.6) is 0 Å². The zero-order valence-electron chi connectivity index (χ0n) is 12.9. The van der Waals surface area contributed by atoms with Crippen LogP contribution in [0.25, 0.3) is 0 Å². The van der Waals surface area contributed by atoms with Gasteiger partial charge in [0.15, 0.2) is 5.78 Å². The minimum absolute atomic E-state index is 0.0312. The lowest BCUT2D eigenvalue weighted by atomic mass is 9.84. The van der Waals surface area contributed by atoms with E-state index in [-0.39, 0.29) is 11.5 Å². The van der Waals surface area contributed by atoms with E-state index in [4.69, 9.17) is 0 Å². The second-order valence-electron chi connectivity index (χ2n) is 6.47. The van der Waals surface area contributed by atoms with E-state index in [0.717, 1.165) is 19.3 Å². The van der Waals surface area contributed by atoms with Crippen molar-refractivity contribution in [2.24, 2.45) is 5.41 Å². The van der Waals surface area contributed by atoms with E-state index >= 15 is 0 Å². The van der Waals surface area contributed by atoms with Crippen molar-refractivity contribution in [2.75, 3.05) is 14.1 Å². The number of carbonyl (C=O) groups is 1. The van der Waals surface area contributed by atoms with Crippen LogP contribution in [0, 0.1) is 5.41 Å². The van der Waals surface area contributed by atoms with Gasteiger partial charge in [0.25, 0.3) is 0 Å². The minimum Gasteiger partial charge on any atom is -0.300 e. The summed E-state index contributed by atoms with van der Waals surface area (Å²) in [6.07, 6.45) is 3.02. The van der Waals surface area contributed by atoms with Crippen LogP contribution < -0.4 is 0 Å². The molecule has 1 rings (SSSR count). The third kappa shape index (κ3) is 5.15. The van der Waals surface area contributed by atoms with E-state index in [9.17, 15) is 4.79 Å². The number of likely N-dealkylation sites (N-methyl/N-ethyl adjacent to an activating group) is 1. The van der Waals surface area contributed by atoms with Gasteiger partial charge in [-0.15, -0.1) is 0 Å². The van der Waals surface area contributed by atoms with Crippen LogP contribution in [0.2, 0.25) is 0 Å². The molecule has 0 heterocycles. The van der Waals surface area contributed by atoms with Crippen LogP contribution in [0.1, 0.15) is 39.2 Å². The molecule has 2 nitrogen and oxygen atoms in total. The average molecular weight is 261 g/mol. The smallest absolute Gasteiger partial charge is 0.155 e. The van der Waals surface area contributed by atoms with E-state index in [2.05, 4.69) is 29.2 Å². The molecule has 0 amide bonds. The van der Waals surface area contributed by atoms with Crippen LogP contribution in [0.15, 0.2) is 30.3 Å². The lowest BCUT2D eigenvalue weighted by molar-refractivity contribution is -0.131. The molecular weight excluding hydrogens is 234 g/mol. The Morgan fingerprint density at radius 1 is 1.16 bits per heavy atom. The van der Waals surface area contributed by atoms with Crippen LogP contribution in [-0.4, -0.2) is 30.8 Å². The molecule has 0 saturated carbocycles. The van der Waals surface area contributed by atoms with Crippen molar-refractivity contribution >= 4 is 5.78 Å². The fourth-order valence-corrected chi connectivity index (χ4v) is 2.27. The molecular formula is C17H27NO. The van der Waals surface area contributed by atoms with Crippen molar-refractivity contribution in [3.05, 3.63) is 35.9 Å². The summed E-state index contributed by atoms with van der Waals surface area (Å²) in [6.45, 7) is 6.01. The van der Waals surface area contributed by atoms with Crippen LogP contribution in [0.3, 0.4) is 0 Å². The number of benzene rings is 1. The fourth-order valence-electron chi connectivity index (χ4n) is 2.27. The fraction of sp³-hybridized carbons (Fsp3) is 0.588. The normalized spacial score (nSPS) is 13.6. The zero-order valence-corrected chi connectivity index (χ0v) is 12.9. The molecule has 1 atom stereocenters. The molecule has 0 aliphatic heterocycles. The van der Waals surface area contributed by atoms with Crippen molar-refractivity contribution in [3.8, 4) is 0 Å². The summed E-state index contributed by atoms with van der Waals surface area (Å²) in [4.78, 5) is 14.5. The Hall–Kier alpha value is -1.15. The third-order valence-electron chi connectivity index (χ3n) is 3.45. The first kappa shape index (κ1) is 15.9. The van der Waals surface area contributed by atoms with E-state index < -0.39 is 0 Å². The number of ketones is 1. The van der Waals surface area contributed by atoms with Gasteiger partial charge in [-0.05, 0) is 38.9 Å². The summed E-state index contributed by atoms with van der Waals surface area (Å²) in [6, 6.07) is 10.5. The molecule has 0 fully saturated rings. The highest BCUT2D eigenvalue weighted by molar-refractivity contribution is 5.88. The van der Waals surface area contributed by atoms with Gasteiger partial charge in [0, 0.05) is 5.41 Å². The van der Waals surface area contributed by atoms with Gasteiger partial charge in [-0.3, -0.25) is 9.69 Å². The Labute approximate surface area is 117 Å². The molecule has 1 aromatic rings.